The highest BCUT2D eigenvalue weighted by Gasteiger charge is 2.38. The molecule has 4 fully saturated rings. The number of halogens is 1. The maximum atomic E-state index is 11.8. The van der Waals surface area contributed by atoms with Crippen LogP contribution in [0.1, 0.15) is 76.6 Å². The first kappa shape index (κ1) is 25.1. The predicted octanol–water partition coefficient (Wildman–Crippen LogP) is 5.98. The van der Waals surface area contributed by atoms with Crippen LogP contribution in [-0.2, 0) is 11.4 Å². The van der Waals surface area contributed by atoms with Gasteiger partial charge in [0.05, 0.1) is 27.4 Å². The molecule has 3 aromatic rings. The molecule has 2 saturated carbocycles. The molecule has 4 aliphatic rings. The van der Waals surface area contributed by atoms with Gasteiger partial charge in [-0.1, -0.05) is 37.8 Å². The number of hydrogen-bond acceptors (Lipinski definition) is 7. The number of aromatic nitrogens is 4. The van der Waals surface area contributed by atoms with Gasteiger partial charge in [0, 0.05) is 37.1 Å². The first-order chi connectivity index (χ1) is 19.0. The van der Waals surface area contributed by atoms with Crippen molar-refractivity contribution in [2.45, 2.75) is 83.5 Å². The zero-order valence-electron chi connectivity index (χ0n) is 22.4. The molecule has 2 aliphatic heterocycles. The van der Waals surface area contributed by atoms with Crippen LogP contribution < -0.4 is 15.7 Å². The summed E-state index contributed by atoms with van der Waals surface area (Å²) in [5.74, 6) is 3.23. The molecule has 3 aromatic heterocycles. The number of fused-ring (bicyclic) bond motifs is 2. The molecule has 0 bridgehead atoms. The van der Waals surface area contributed by atoms with Crippen molar-refractivity contribution in [3.63, 3.8) is 0 Å². The molecule has 5 heterocycles. The molecule has 3 atom stereocenters. The third kappa shape index (κ3) is 4.73. The molecular formula is C29H36ClN7O2. The van der Waals surface area contributed by atoms with Gasteiger partial charge >= 0.3 is 6.09 Å². The number of piperidine rings is 1. The van der Waals surface area contributed by atoms with Gasteiger partial charge in [-0.25, -0.2) is 14.8 Å². The van der Waals surface area contributed by atoms with E-state index in [0.717, 1.165) is 53.2 Å². The average Bonchev–Trinajstić information content (AvgIpc) is 3.68. The lowest BCUT2D eigenvalue weighted by Crippen LogP contribution is -2.44. The smallest absolute Gasteiger partial charge is 0.351 e. The van der Waals surface area contributed by atoms with Crippen molar-refractivity contribution in [2.24, 2.45) is 17.8 Å². The molecule has 3 unspecified atom stereocenters. The number of imidazole rings is 1. The summed E-state index contributed by atoms with van der Waals surface area (Å²) in [6, 6.07) is 4.45. The molecule has 7 rings (SSSR count). The van der Waals surface area contributed by atoms with Crippen molar-refractivity contribution in [2.75, 3.05) is 11.4 Å². The number of nitrogens with zero attached hydrogens (tertiary/aromatic N) is 5. The van der Waals surface area contributed by atoms with Crippen LogP contribution in [0.2, 0.25) is 5.02 Å². The van der Waals surface area contributed by atoms with E-state index in [1.807, 2.05) is 18.3 Å². The third-order valence-electron chi connectivity index (χ3n) is 9.36. The normalized spacial score (nSPS) is 28.9. The molecule has 0 aromatic carbocycles. The summed E-state index contributed by atoms with van der Waals surface area (Å²) >= 11 is 6.42. The summed E-state index contributed by atoms with van der Waals surface area (Å²) in [4.78, 5) is 34.2. The van der Waals surface area contributed by atoms with Crippen LogP contribution >= 0.6 is 11.6 Å². The van der Waals surface area contributed by atoms with Gasteiger partial charge in [0.15, 0.2) is 6.17 Å². The highest BCUT2D eigenvalue weighted by molar-refractivity contribution is 6.30. The van der Waals surface area contributed by atoms with Crippen molar-refractivity contribution in [1.29, 1.82) is 0 Å². The molecule has 10 heteroatoms. The highest BCUT2D eigenvalue weighted by Crippen LogP contribution is 2.42. The van der Waals surface area contributed by atoms with Crippen LogP contribution in [0.25, 0.3) is 22.3 Å². The van der Waals surface area contributed by atoms with Crippen LogP contribution in [0.5, 0.6) is 0 Å². The molecule has 2 N–H and O–H groups in total. The fourth-order valence-corrected chi connectivity index (χ4v) is 7.52. The summed E-state index contributed by atoms with van der Waals surface area (Å²) in [6.07, 6.45) is 13.8. The standard InChI is InChI=1S/C29H36ClN7O2/c1-17-7-9-18(10-8-17)16-37-26-22(33-28(37)36-11-3-5-19-4-2-6-24(19)36)13-23(27-34-29(38)39-35-27)32-25(26)20-12-21(30)15-31-14-20/h12-15,17-19,24,27,35H,2-11,16H2,1H3,(H,34,38). The lowest BCUT2D eigenvalue weighted by molar-refractivity contribution is 0.121. The highest BCUT2D eigenvalue weighted by atomic mass is 35.5. The number of anilines is 1. The van der Waals surface area contributed by atoms with E-state index >= 15 is 0 Å². The van der Waals surface area contributed by atoms with E-state index in [0.29, 0.717) is 22.7 Å². The first-order valence-electron chi connectivity index (χ1n) is 14.5. The SMILES string of the molecule is CC1CCC(Cn2c(N3CCCC4CCCC43)nc3cc(C4NOC(=O)N4)nc(-c4cncc(Cl)c4)c32)CC1. The Morgan fingerprint density at radius 3 is 2.69 bits per heavy atom. The van der Waals surface area contributed by atoms with Crippen molar-refractivity contribution < 1.29 is 9.63 Å². The Labute approximate surface area is 233 Å². The summed E-state index contributed by atoms with van der Waals surface area (Å²) < 4.78 is 2.46. The fourth-order valence-electron chi connectivity index (χ4n) is 7.34. The zero-order chi connectivity index (χ0) is 26.5. The van der Waals surface area contributed by atoms with Crippen molar-refractivity contribution >= 4 is 34.7 Å². The van der Waals surface area contributed by atoms with Gasteiger partial charge in [0.2, 0.25) is 5.95 Å². The first-order valence-corrected chi connectivity index (χ1v) is 14.9. The molecular weight excluding hydrogens is 514 g/mol. The van der Waals surface area contributed by atoms with Crippen LogP contribution in [0.3, 0.4) is 0 Å². The van der Waals surface area contributed by atoms with Crippen LogP contribution in [0.15, 0.2) is 24.5 Å². The van der Waals surface area contributed by atoms with Gasteiger partial charge in [0.25, 0.3) is 0 Å². The van der Waals surface area contributed by atoms with Gasteiger partial charge in [-0.3, -0.25) is 10.3 Å². The Balaban J connectivity index is 1.41. The minimum absolute atomic E-state index is 0.522. The maximum Gasteiger partial charge on any atom is 0.427 e. The predicted molar refractivity (Wildman–Crippen MR) is 150 cm³/mol. The van der Waals surface area contributed by atoms with E-state index in [4.69, 9.17) is 26.4 Å². The van der Waals surface area contributed by atoms with Gasteiger partial charge < -0.3 is 14.3 Å². The van der Waals surface area contributed by atoms with Crippen molar-refractivity contribution in [3.8, 4) is 11.3 Å². The molecule has 0 spiro atoms. The minimum Gasteiger partial charge on any atom is -0.351 e. The van der Waals surface area contributed by atoms with Crippen LogP contribution in [-0.4, -0.2) is 38.2 Å². The van der Waals surface area contributed by atoms with Crippen LogP contribution in [0, 0.1) is 17.8 Å². The molecule has 9 nitrogen and oxygen atoms in total. The third-order valence-corrected chi connectivity index (χ3v) is 9.56. The number of amides is 1. The van der Waals surface area contributed by atoms with E-state index in [1.54, 1.807) is 6.20 Å². The topological polar surface area (TPSA) is 97.2 Å². The lowest BCUT2D eigenvalue weighted by atomic mass is 9.83. The quantitative estimate of drug-likeness (QED) is 0.403. The number of carbonyl (C=O) groups excluding carboxylic acids is 1. The van der Waals surface area contributed by atoms with Gasteiger partial charge in [-0.05, 0) is 68.4 Å². The molecule has 206 valence electrons. The Kier molecular flexibility index (Phi) is 6.59. The Morgan fingerprint density at radius 2 is 1.90 bits per heavy atom. The largest absolute Gasteiger partial charge is 0.427 e. The van der Waals surface area contributed by atoms with Crippen molar-refractivity contribution in [3.05, 3.63) is 35.2 Å². The lowest BCUT2D eigenvalue weighted by Gasteiger charge is -2.39. The Bertz CT molecular complexity index is 1390. The number of nitrogens with one attached hydrogen (secondary N) is 2. The molecule has 2 aliphatic carbocycles. The second-order valence-corrected chi connectivity index (χ2v) is 12.4. The zero-order valence-corrected chi connectivity index (χ0v) is 23.2. The van der Waals surface area contributed by atoms with E-state index in [2.05, 4.69) is 32.2 Å². The molecule has 0 radical (unpaired) electrons. The average molecular weight is 550 g/mol. The summed E-state index contributed by atoms with van der Waals surface area (Å²) in [5.41, 5.74) is 6.90. The Morgan fingerprint density at radius 1 is 1.05 bits per heavy atom. The fraction of sp³-hybridized carbons (Fsp3) is 0.586. The van der Waals surface area contributed by atoms with Gasteiger partial charge in [-0.2, -0.15) is 0 Å². The van der Waals surface area contributed by atoms with E-state index in [1.165, 1.54) is 57.8 Å². The molecule has 2 saturated heterocycles. The summed E-state index contributed by atoms with van der Waals surface area (Å²) in [6.45, 7) is 4.34. The van der Waals surface area contributed by atoms with E-state index in [-0.39, 0.29) is 0 Å². The Hall–Kier alpha value is -2.91. The second kappa shape index (κ2) is 10.2. The number of hydroxylamine groups is 1. The summed E-state index contributed by atoms with van der Waals surface area (Å²) in [5, 5.41) is 3.34. The minimum atomic E-state index is -0.560. The number of hydrogen-bond donors (Lipinski definition) is 2. The monoisotopic (exact) mass is 549 g/mol. The second-order valence-electron chi connectivity index (χ2n) is 12.0. The number of carbonyl (C=O) groups is 1. The van der Waals surface area contributed by atoms with Gasteiger partial charge in [0.1, 0.15) is 0 Å². The molecule has 1 amide bonds. The number of pyridine rings is 2. The van der Waals surface area contributed by atoms with Gasteiger partial charge in [-0.15, -0.1) is 5.48 Å². The van der Waals surface area contributed by atoms with Crippen molar-refractivity contribution in [1.82, 2.24) is 30.3 Å². The number of rotatable bonds is 5. The summed E-state index contributed by atoms with van der Waals surface area (Å²) in [7, 11) is 0. The van der Waals surface area contributed by atoms with E-state index in [9.17, 15) is 4.79 Å². The van der Waals surface area contributed by atoms with E-state index < -0.39 is 12.3 Å². The molecule has 39 heavy (non-hydrogen) atoms. The van der Waals surface area contributed by atoms with Crippen LogP contribution in [0.4, 0.5) is 10.7 Å². The maximum absolute atomic E-state index is 11.8.